The van der Waals surface area contributed by atoms with Gasteiger partial charge in [-0.25, -0.2) is 17.6 Å². The number of sulfone groups is 1. The quantitative estimate of drug-likeness (QED) is 0.520. The molecule has 1 saturated heterocycles. The molecule has 3 fully saturated rings. The zero-order chi connectivity index (χ0) is 26.6. The van der Waals surface area contributed by atoms with E-state index in [4.69, 9.17) is 27.9 Å². The van der Waals surface area contributed by atoms with Crippen molar-refractivity contribution in [2.24, 2.45) is 0 Å². The van der Waals surface area contributed by atoms with E-state index in [1.54, 1.807) is 24.3 Å². The van der Waals surface area contributed by atoms with Gasteiger partial charge in [0.05, 0.1) is 26.7 Å². The molecule has 2 aromatic carbocycles. The first-order valence-electron chi connectivity index (χ1n) is 11.7. The van der Waals surface area contributed by atoms with Gasteiger partial charge in [-0.15, -0.1) is 0 Å². The Morgan fingerprint density at radius 3 is 2.35 bits per heavy atom. The number of likely N-dealkylation sites (tertiary alicyclic amines) is 1. The minimum atomic E-state index is -4.12. The van der Waals surface area contributed by atoms with E-state index in [0.717, 1.165) is 23.8 Å². The van der Waals surface area contributed by atoms with E-state index in [-0.39, 0.29) is 28.8 Å². The van der Waals surface area contributed by atoms with Gasteiger partial charge < -0.3 is 15.0 Å². The monoisotopic (exact) mass is 565 g/mol. The van der Waals surface area contributed by atoms with E-state index in [1.807, 2.05) is 6.07 Å². The van der Waals surface area contributed by atoms with Gasteiger partial charge in [0.2, 0.25) is 5.91 Å². The summed E-state index contributed by atoms with van der Waals surface area (Å²) in [6.45, 7) is -0.244. The molecule has 37 heavy (non-hydrogen) atoms. The van der Waals surface area contributed by atoms with Crippen LogP contribution in [-0.2, 0) is 24.8 Å². The Kier molecular flexibility index (Phi) is 6.37. The third kappa shape index (κ3) is 4.76. The lowest BCUT2D eigenvalue weighted by Gasteiger charge is -2.29. The highest BCUT2D eigenvalue weighted by molar-refractivity contribution is 7.92. The Morgan fingerprint density at radius 1 is 1.11 bits per heavy atom. The average Bonchev–Trinajstić information content (AvgIpc) is 3.77. The number of amides is 2. The van der Waals surface area contributed by atoms with Crippen LogP contribution < -0.4 is 5.32 Å². The SMILES string of the molecule is N#CC1(NC(=O)O[C@H]2C[C@@H](S(=O)(=O)c3ccc(F)cc3Cl)CN2C(=O)C2(c3ccc(Cl)cc3)CC2)CC1. The maximum Gasteiger partial charge on any atom is 0.410 e. The first kappa shape index (κ1) is 25.8. The zero-order valence-electron chi connectivity index (χ0n) is 19.4. The van der Waals surface area contributed by atoms with Crippen LogP contribution in [0.3, 0.4) is 0 Å². The molecule has 0 bridgehead atoms. The summed E-state index contributed by atoms with van der Waals surface area (Å²) < 4.78 is 46.0. The molecule has 0 radical (unpaired) electrons. The van der Waals surface area contributed by atoms with E-state index in [2.05, 4.69) is 5.32 Å². The standard InChI is InChI=1S/C25H22Cl2FN3O5S/c26-16-3-1-15(2-4-16)25(9-10-25)22(32)31-13-18(37(34,35)20-6-5-17(28)11-19(20)27)12-21(31)36-23(33)30-24(14-29)7-8-24/h1-6,11,18,21H,7-10,12-13H2,(H,30,33)/t18-,21+/m1/s1. The molecule has 0 aromatic heterocycles. The minimum absolute atomic E-state index is 0.203. The molecule has 8 nitrogen and oxygen atoms in total. The fourth-order valence-corrected chi connectivity index (χ4v) is 7.07. The van der Waals surface area contributed by atoms with E-state index in [0.29, 0.717) is 30.7 Å². The van der Waals surface area contributed by atoms with Crippen molar-refractivity contribution in [3.05, 3.63) is 63.9 Å². The molecule has 1 N–H and O–H groups in total. The Balaban J connectivity index is 1.44. The molecule has 1 aliphatic heterocycles. The summed E-state index contributed by atoms with van der Waals surface area (Å²) in [6.07, 6.45) is -0.256. The van der Waals surface area contributed by atoms with Crippen LogP contribution in [-0.4, -0.2) is 48.9 Å². The van der Waals surface area contributed by atoms with Crippen molar-refractivity contribution < 1.29 is 27.1 Å². The normalized spacial score (nSPS) is 23.1. The summed E-state index contributed by atoms with van der Waals surface area (Å²) in [4.78, 5) is 27.5. The van der Waals surface area contributed by atoms with Crippen LogP contribution in [0.5, 0.6) is 0 Å². The van der Waals surface area contributed by atoms with Gasteiger partial charge in [0.25, 0.3) is 0 Å². The predicted molar refractivity (Wildman–Crippen MR) is 132 cm³/mol. The number of halogens is 3. The third-order valence-corrected chi connectivity index (χ3v) is 10.1. The van der Waals surface area contributed by atoms with Crippen molar-refractivity contribution in [1.29, 1.82) is 5.26 Å². The maximum absolute atomic E-state index is 13.8. The molecule has 1 heterocycles. The summed E-state index contributed by atoms with van der Waals surface area (Å²) >= 11 is 12.1. The van der Waals surface area contributed by atoms with Gasteiger partial charge in [-0.1, -0.05) is 35.3 Å². The van der Waals surface area contributed by atoms with E-state index >= 15 is 0 Å². The lowest BCUT2D eigenvalue weighted by atomic mass is 9.94. The molecule has 3 aliphatic rings. The number of hydrogen-bond acceptors (Lipinski definition) is 6. The van der Waals surface area contributed by atoms with Crippen LogP contribution >= 0.6 is 23.2 Å². The largest absolute Gasteiger partial charge is 0.425 e. The highest BCUT2D eigenvalue weighted by Crippen LogP contribution is 2.51. The van der Waals surface area contributed by atoms with E-state index in [9.17, 15) is 27.7 Å². The Morgan fingerprint density at radius 2 is 1.78 bits per heavy atom. The van der Waals surface area contributed by atoms with Crippen molar-refractivity contribution in [1.82, 2.24) is 10.2 Å². The van der Waals surface area contributed by atoms with Gasteiger partial charge in [-0.2, -0.15) is 5.26 Å². The fraction of sp³-hybridized carbons (Fsp3) is 0.400. The molecular formula is C25H22Cl2FN3O5S. The Hall–Kier alpha value is -2.87. The highest BCUT2D eigenvalue weighted by atomic mass is 35.5. The fourth-order valence-electron chi connectivity index (χ4n) is 4.73. The Labute approximate surface area is 223 Å². The number of hydrogen-bond donors (Lipinski definition) is 1. The van der Waals surface area contributed by atoms with E-state index in [1.165, 1.54) is 4.90 Å². The number of alkyl carbamates (subject to hydrolysis) is 1. The Bertz CT molecular complexity index is 1420. The summed E-state index contributed by atoms with van der Waals surface area (Å²) in [6, 6.07) is 11.9. The van der Waals surface area contributed by atoms with Crippen LogP contribution in [0, 0.1) is 17.1 Å². The van der Waals surface area contributed by atoms with Gasteiger partial charge >= 0.3 is 6.09 Å². The number of carbonyl (C=O) groups excluding carboxylic acids is 2. The smallest absolute Gasteiger partial charge is 0.410 e. The highest BCUT2D eigenvalue weighted by Gasteiger charge is 2.57. The molecule has 5 rings (SSSR count). The lowest BCUT2D eigenvalue weighted by Crippen LogP contribution is -2.46. The van der Waals surface area contributed by atoms with Gasteiger partial charge in [0.15, 0.2) is 16.1 Å². The maximum atomic E-state index is 13.8. The molecule has 2 aromatic rings. The second-order valence-corrected chi connectivity index (χ2v) is 12.7. The number of carbonyl (C=O) groups is 2. The molecule has 0 unspecified atom stereocenters. The topological polar surface area (TPSA) is 117 Å². The van der Waals surface area contributed by atoms with Crippen LogP contribution in [0.4, 0.5) is 9.18 Å². The molecule has 12 heteroatoms. The van der Waals surface area contributed by atoms with Crippen molar-refractivity contribution in [2.75, 3.05) is 6.54 Å². The van der Waals surface area contributed by atoms with Crippen LogP contribution in [0.15, 0.2) is 47.4 Å². The van der Waals surface area contributed by atoms with Crippen LogP contribution in [0.25, 0.3) is 0 Å². The van der Waals surface area contributed by atoms with Gasteiger partial charge in [-0.05, 0) is 61.6 Å². The van der Waals surface area contributed by atoms with Crippen LogP contribution in [0.2, 0.25) is 10.0 Å². The second kappa shape index (κ2) is 9.15. The van der Waals surface area contributed by atoms with Crippen LogP contribution in [0.1, 0.15) is 37.7 Å². The number of benzene rings is 2. The molecule has 194 valence electrons. The van der Waals surface area contributed by atoms with Gasteiger partial charge in [-0.3, -0.25) is 4.79 Å². The molecule has 0 spiro atoms. The number of nitriles is 1. The van der Waals surface area contributed by atoms with Gasteiger partial charge in [0, 0.05) is 18.0 Å². The van der Waals surface area contributed by atoms with E-state index < -0.39 is 44.2 Å². The predicted octanol–water partition coefficient (Wildman–Crippen LogP) is 4.35. The molecule has 2 atom stereocenters. The number of nitrogens with one attached hydrogen (secondary N) is 1. The van der Waals surface area contributed by atoms with Crippen molar-refractivity contribution >= 4 is 45.0 Å². The summed E-state index contributed by atoms with van der Waals surface area (Å²) in [7, 11) is -4.12. The number of nitrogens with zero attached hydrogens (tertiary/aromatic N) is 2. The molecule has 2 aliphatic carbocycles. The summed E-state index contributed by atoms with van der Waals surface area (Å²) in [5.74, 6) is -1.05. The summed E-state index contributed by atoms with van der Waals surface area (Å²) in [5, 5.41) is 10.9. The lowest BCUT2D eigenvalue weighted by molar-refractivity contribution is -0.140. The number of ether oxygens (including phenoxy) is 1. The third-order valence-electron chi connectivity index (χ3n) is 7.22. The number of rotatable bonds is 6. The van der Waals surface area contributed by atoms with Gasteiger partial charge in [0.1, 0.15) is 11.4 Å². The summed E-state index contributed by atoms with van der Waals surface area (Å²) in [5.41, 5.74) is -1.14. The minimum Gasteiger partial charge on any atom is -0.425 e. The van der Waals surface area contributed by atoms with Crippen molar-refractivity contribution in [3.8, 4) is 6.07 Å². The van der Waals surface area contributed by atoms with Crippen molar-refractivity contribution in [3.63, 3.8) is 0 Å². The molecular weight excluding hydrogens is 544 g/mol. The van der Waals surface area contributed by atoms with Crippen molar-refractivity contribution in [2.45, 2.75) is 59.4 Å². The average molecular weight is 566 g/mol. The molecule has 2 amide bonds. The first-order valence-corrected chi connectivity index (χ1v) is 14.0. The first-order chi connectivity index (χ1) is 17.5. The second-order valence-electron chi connectivity index (χ2n) is 9.70. The zero-order valence-corrected chi connectivity index (χ0v) is 21.7. The molecule has 2 saturated carbocycles.